The molecule has 1 heterocycles. The van der Waals surface area contributed by atoms with E-state index in [0.29, 0.717) is 0 Å². The Kier molecular flexibility index (Phi) is 5.58. The lowest BCUT2D eigenvalue weighted by molar-refractivity contribution is 0.653. The first kappa shape index (κ1) is 25.9. The van der Waals surface area contributed by atoms with Gasteiger partial charge in [0, 0.05) is 38.8 Å². The monoisotopic (exact) mass is 577 g/mol. The number of furan rings is 1. The van der Waals surface area contributed by atoms with E-state index < -0.39 is 0 Å². The minimum Gasteiger partial charge on any atom is -0.455 e. The summed E-state index contributed by atoms with van der Waals surface area (Å²) < 4.78 is 6.53. The summed E-state index contributed by atoms with van der Waals surface area (Å²) in [7, 11) is 0. The molecule has 0 amide bonds. The van der Waals surface area contributed by atoms with Crippen LogP contribution in [-0.4, -0.2) is 0 Å². The first-order chi connectivity index (χ1) is 22.1. The third kappa shape index (κ3) is 3.89. The van der Waals surface area contributed by atoms with E-state index in [1.54, 1.807) is 0 Å². The lowest BCUT2D eigenvalue weighted by Crippen LogP contribution is -2.16. The van der Waals surface area contributed by atoms with Crippen LogP contribution < -0.4 is 4.90 Å². The molecule has 0 atom stereocenters. The van der Waals surface area contributed by atoms with Gasteiger partial charge in [-0.3, -0.25) is 0 Å². The van der Waals surface area contributed by atoms with Gasteiger partial charge in [-0.2, -0.15) is 0 Å². The normalized spacial score (nSPS) is 13.3. The van der Waals surface area contributed by atoms with Crippen LogP contribution in [0.1, 0.15) is 25.0 Å². The maximum Gasteiger partial charge on any atom is 0.143 e. The Morgan fingerprint density at radius 2 is 1.18 bits per heavy atom. The molecule has 0 radical (unpaired) electrons. The molecule has 0 spiro atoms. The first-order valence-electron chi connectivity index (χ1n) is 15.6. The SMILES string of the molecule is CC1(C)c2cc(N(c3ccccc3)c3ccc(-c4cccc5ccccc45)cc3)ccc2-c2c1ccc1c2oc2ccccc21. The molecule has 45 heavy (non-hydrogen) atoms. The summed E-state index contributed by atoms with van der Waals surface area (Å²) in [5, 5.41) is 4.87. The van der Waals surface area contributed by atoms with Crippen molar-refractivity contribution in [2.24, 2.45) is 0 Å². The van der Waals surface area contributed by atoms with Crippen molar-refractivity contribution in [3.05, 3.63) is 163 Å². The van der Waals surface area contributed by atoms with Gasteiger partial charge in [0.25, 0.3) is 0 Å². The fourth-order valence-corrected chi connectivity index (χ4v) is 7.42. The molecule has 8 aromatic rings. The predicted molar refractivity (Wildman–Crippen MR) is 189 cm³/mol. The topological polar surface area (TPSA) is 16.4 Å². The minimum absolute atomic E-state index is 0.172. The Morgan fingerprint density at radius 3 is 2.02 bits per heavy atom. The second-order valence-electron chi connectivity index (χ2n) is 12.6. The lowest BCUT2D eigenvalue weighted by atomic mass is 9.82. The quantitative estimate of drug-likeness (QED) is 0.207. The van der Waals surface area contributed by atoms with E-state index in [1.165, 1.54) is 54.9 Å². The summed E-state index contributed by atoms with van der Waals surface area (Å²) in [6.45, 7) is 4.67. The molecule has 1 aliphatic carbocycles. The molecule has 214 valence electrons. The Balaban J connectivity index is 1.18. The fraction of sp³-hybridized carbons (Fsp3) is 0.0698. The summed E-state index contributed by atoms with van der Waals surface area (Å²) in [6.07, 6.45) is 0. The van der Waals surface area contributed by atoms with Crippen molar-refractivity contribution in [3.8, 4) is 22.3 Å². The standard InChI is InChI=1S/C43H31NO/c1-43(2)38-26-25-36-35-16-8-9-18-40(35)45-42(36)41(38)37-24-23-32(27-39(37)43)44(30-13-4-3-5-14-30)31-21-19-29(20-22-31)34-17-10-12-28-11-6-7-15-33(28)34/h3-27H,1-2H3. The average molecular weight is 578 g/mol. The van der Waals surface area contributed by atoms with E-state index in [-0.39, 0.29) is 5.41 Å². The highest BCUT2D eigenvalue weighted by Crippen LogP contribution is 2.54. The van der Waals surface area contributed by atoms with Crippen molar-refractivity contribution in [2.45, 2.75) is 19.3 Å². The number of para-hydroxylation sites is 2. The third-order valence-electron chi connectivity index (χ3n) is 9.66. The summed E-state index contributed by atoms with van der Waals surface area (Å²) in [5.74, 6) is 0. The molecule has 0 bridgehead atoms. The van der Waals surface area contributed by atoms with Crippen LogP contribution in [0.2, 0.25) is 0 Å². The number of nitrogens with zero attached hydrogens (tertiary/aromatic N) is 1. The molecule has 2 heteroatoms. The third-order valence-corrected chi connectivity index (χ3v) is 9.66. The molecule has 0 saturated heterocycles. The van der Waals surface area contributed by atoms with Crippen molar-refractivity contribution in [1.82, 2.24) is 0 Å². The summed E-state index contributed by atoms with van der Waals surface area (Å²) >= 11 is 0. The zero-order chi connectivity index (χ0) is 30.1. The van der Waals surface area contributed by atoms with Gasteiger partial charge in [-0.1, -0.05) is 123 Å². The molecule has 0 saturated carbocycles. The first-order valence-corrected chi connectivity index (χ1v) is 15.6. The predicted octanol–water partition coefficient (Wildman–Crippen LogP) is 12.2. The number of fused-ring (bicyclic) bond motifs is 8. The van der Waals surface area contributed by atoms with E-state index in [2.05, 4.69) is 164 Å². The van der Waals surface area contributed by atoms with Crippen molar-refractivity contribution >= 4 is 49.8 Å². The summed E-state index contributed by atoms with van der Waals surface area (Å²) in [5.41, 5.74) is 12.7. The van der Waals surface area contributed by atoms with E-state index in [0.717, 1.165) is 28.2 Å². The van der Waals surface area contributed by atoms with Gasteiger partial charge in [0.05, 0.1) is 0 Å². The summed E-state index contributed by atoms with van der Waals surface area (Å²) in [4.78, 5) is 2.36. The van der Waals surface area contributed by atoms with Crippen molar-refractivity contribution < 1.29 is 4.42 Å². The molecule has 1 aliphatic rings. The Hall–Kier alpha value is -5.60. The van der Waals surface area contributed by atoms with Crippen LogP contribution >= 0.6 is 0 Å². The number of hydrogen-bond donors (Lipinski definition) is 0. The van der Waals surface area contributed by atoms with Crippen molar-refractivity contribution in [3.63, 3.8) is 0 Å². The van der Waals surface area contributed by atoms with E-state index in [1.807, 2.05) is 6.07 Å². The second kappa shape index (κ2) is 9.70. The molecule has 0 N–H and O–H groups in total. The largest absolute Gasteiger partial charge is 0.455 e. The zero-order valence-electron chi connectivity index (χ0n) is 25.3. The highest BCUT2D eigenvalue weighted by molar-refractivity contribution is 6.12. The van der Waals surface area contributed by atoms with Gasteiger partial charge in [-0.25, -0.2) is 0 Å². The van der Waals surface area contributed by atoms with Crippen molar-refractivity contribution in [2.75, 3.05) is 4.90 Å². The molecule has 0 fully saturated rings. The highest BCUT2D eigenvalue weighted by Gasteiger charge is 2.38. The minimum atomic E-state index is -0.172. The maximum absolute atomic E-state index is 6.53. The van der Waals surface area contributed by atoms with Crippen LogP contribution in [0, 0.1) is 0 Å². The zero-order valence-corrected chi connectivity index (χ0v) is 25.3. The van der Waals surface area contributed by atoms with Gasteiger partial charge >= 0.3 is 0 Å². The van der Waals surface area contributed by atoms with E-state index in [9.17, 15) is 0 Å². The molecule has 0 aliphatic heterocycles. The van der Waals surface area contributed by atoms with Gasteiger partial charge in [-0.05, 0) is 81.1 Å². The smallest absolute Gasteiger partial charge is 0.143 e. The highest BCUT2D eigenvalue weighted by atomic mass is 16.3. The average Bonchev–Trinajstić information content (AvgIpc) is 3.58. The Labute approximate surface area is 262 Å². The number of benzene rings is 7. The van der Waals surface area contributed by atoms with Crippen LogP contribution in [0.25, 0.3) is 55.0 Å². The van der Waals surface area contributed by atoms with Crippen LogP contribution in [0.3, 0.4) is 0 Å². The number of anilines is 3. The van der Waals surface area contributed by atoms with Crippen LogP contribution in [-0.2, 0) is 5.41 Å². The van der Waals surface area contributed by atoms with Crippen LogP contribution in [0.4, 0.5) is 17.1 Å². The van der Waals surface area contributed by atoms with Gasteiger partial charge in [0.15, 0.2) is 0 Å². The number of hydrogen-bond acceptors (Lipinski definition) is 2. The van der Waals surface area contributed by atoms with Crippen LogP contribution in [0.5, 0.6) is 0 Å². The Bertz CT molecular complexity index is 2390. The molecule has 9 rings (SSSR count). The maximum atomic E-state index is 6.53. The second-order valence-corrected chi connectivity index (χ2v) is 12.6. The molecular formula is C43H31NO. The number of rotatable bonds is 4. The molecule has 0 unspecified atom stereocenters. The van der Waals surface area contributed by atoms with Gasteiger partial charge in [0.1, 0.15) is 11.2 Å². The van der Waals surface area contributed by atoms with E-state index in [4.69, 9.17) is 4.42 Å². The Morgan fingerprint density at radius 1 is 0.489 bits per heavy atom. The fourth-order valence-electron chi connectivity index (χ4n) is 7.42. The lowest BCUT2D eigenvalue weighted by Gasteiger charge is -2.28. The van der Waals surface area contributed by atoms with Crippen molar-refractivity contribution in [1.29, 1.82) is 0 Å². The molecule has 2 nitrogen and oxygen atoms in total. The summed E-state index contributed by atoms with van der Waals surface area (Å²) in [6, 6.07) is 54.6. The van der Waals surface area contributed by atoms with Gasteiger partial charge in [0.2, 0.25) is 0 Å². The molecular weight excluding hydrogens is 546 g/mol. The van der Waals surface area contributed by atoms with Crippen LogP contribution in [0.15, 0.2) is 156 Å². The van der Waals surface area contributed by atoms with Gasteiger partial charge in [-0.15, -0.1) is 0 Å². The van der Waals surface area contributed by atoms with Gasteiger partial charge < -0.3 is 9.32 Å². The molecule has 7 aromatic carbocycles. The molecule has 1 aromatic heterocycles. The van der Waals surface area contributed by atoms with E-state index >= 15 is 0 Å².